The van der Waals surface area contributed by atoms with Crippen LogP contribution < -0.4 is 0 Å². The second-order valence-corrected chi connectivity index (χ2v) is 7.39. The zero-order valence-electron chi connectivity index (χ0n) is 15.4. The van der Waals surface area contributed by atoms with Crippen LogP contribution in [0.2, 0.25) is 0 Å². The van der Waals surface area contributed by atoms with Crippen LogP contribution in [0, 0.1) is 0 Å². The van der Waals surface area contributed by atoms with Crippen molar-refractivity contribution in [3.8, 4) is 16.3 Å². The maximum atomic E-state index is 4.80. The summed E-state index contributed by atoms with van der Waals surface area (Å²) in [5, 5.41) is 7.39. The van der Waals surface area contributed by atoms with Gasteiger partial charge in [0.2, 0.25) is 0 Å². The highest BCUT2D eigenvalue weighted by atomic mass is 32.1. The number of hydrogen-bond acceptors (Lipinski definition) is 5. The molecule has 0 aliphatic rings. The number of rotatable bonds is 6. The molecule has 2 aromatic heterocycles. The summed E-state index contributed by atoms with van der Waals surface area (Å²) < 4.78 is 1.76. The highest BCUT2D eigenvalue weighted by molar-refractivity contribution is 7.13. The van der Waals surface area contributed by atoms with Gasteiger partial charge >= 0.3 is 0 Å². The monoisotopic (exact) mass is 375 g/mol. The average molecular weight is 376 g/mol. The Morgan fingerprint density at radius 3 is 2.56 bits per heavy atom. The van der Waals surface area contributed by atoms with Crippen LogP contribution in [0.15, 0.2) is 72.6 Å². The lowest BCUT2D eigenvalue weighted by atomic mass is 10.1. The van der Waals surface area contributed by atoms with Crippen molar-refractivity contribution in [3.05, 3.63) is 83.9 Å². The molecule has 0 amide bonds. The molecular weight excluding hydrogens is 354 g/mol. The fourth-order valence-electron chi connectivity index (χ4n) is 2.99. The normalized spacial score (nSPS) is 12.4. The molecule has 0 spiro atoms. The number of nitrogens with zero attached hydrogens (tertiary/aromatic N) is 5. The summed E-state index contributed by atoms with van der Waals surface area (Å²) in [7, 11) is 2.14. The molecule has 0 aliphatic carbocycles. The summed E-state index contributed by atoms with van der Waals surface area (Å²) in [6, 6.07) is 19.1. The number of thiazole rings is 1. The first-order valence-corrected chi connectivity index (χ1v) is 9.74. The van der Waals surface area contributed by atoms with Gasteiger partial charge in [0.05, 0.1) is 11.4 Å². The van der Waals surface area contributed by atoms with E-state index >= 15 is 0 Å². The first-order chi connectivity index (χ1) is 13.2. The van der Waals surface area contributed by atoms with Crippen LogP contribution in [0.4, 0.5) is 0 Å². The van der Waals surface area contributed by atoms with E-state index in [0.29, 0.717) is 0 Å². The van der Waals surface area contributed by atoms with Crippen molar-refractivity contribution in [1.29, 1.82) is 0 Å². The molecule has 1 unspecified atom stereocenters. The van der Waals surface area contributed by atoms with Gasteiger partial charge in [-0.05, 0) is 31.7 Å². The van der Waals surface area contributed by atoms with E-state index in [2.05, 4.69) is 70.7 Å². The quantitative estimate of drug-likeness (QED) is 0.495. The lowest BCUT2D eigenvalue weighted by molar-refractivity contribution is 0.250. The molecule has 0 saturated heterocycles. The highest BCUT2D eigenvalue weighted by Crippen LogP contribution is 2.26. The van der Waals surface area contributed by atoms with Crippen molar-refractivity contribution in [2.45, 2.75) is 19.5 Å². The van der Waals surface area contributed by atoms with Crippen LogP contribution >= 0.6 is 11.3 Å². The summed E-state index contributed by atoms with van der Waals surface area (Å²) in [6.07, 6.45) is 3.25. The lowest BCUT2D eigenvalue weighted by Gasteiger charge is -2.24. The van der Waals surface area contributed by atoms with E-state index < -0.39 is 0 Å². The Hall–Kier alpha value is -2.83. The van der Waals surface area contributed by atoms with Crippen LogP contribution in [0.1, 0.15) is 24.2 Å². The number of hydrogen-bond donors (Lipinski definition) is 0. The summed E-state index contributed by atoms with van der Waals surface area (Å²) in [6.45, 7) is 3.03. The molecule has 0 radical (unpaired) electrons. The molecule has 4 aromatic rings. The van der Waals surface area contributed by atoms with Crippen LogP contribution in [0.25, 0.3) is 16.3 Å². The van der Waals surface area contributed by atoms with E-state index in [9.17, 15) is 0 Å². The van der Waals surface area contributed by atoms with Gasteiger partial charge in [0.1, 0.15) is 17.7 Å². The fourth-order valence-corrected chi connectivity index (χ4v) is 3.80. The molecule has 1 atom stereocenters. The molecule has 0 aliphatic heterocycles. The summed E-state index contributed by atoms with van der Waals surface area (Å²) >= 11 is 1.70. The predicted molar refractivity (Wildman–Crippen MR) is 109 cm³/mol. The third-order valence-electron chi connectivity index (χ3n) is 4.70. The van der Waals surface area contributed by atoms with Crippen molar-refractivity contribution in [3.63, 3.8) is 0 Å². The summed E-state index contributed by atoms with van der Waals surface area (Å²) in [5.74, 6) is 0. The molecular formula is C21H21N5S. The van der Waals surface area contributed by atoms with Gasteiger partial charge in [0.25, 0.3) is 0 Å². The van der Waals surface area contributed by atoms with Crippen LogP contribution in [0.3, 0.4) is 0 Å². The van der Waals surface area contributed by atoms with E-state index in [1.54, 1.807) is 28.7 Å². The standard InChI is InChI=1S/C21H21N5S/c1-16(17-8-10-20(11-9-17)26-15-22-14-23-26)25(2)12-19-13-27-21(24-19)18-6-4-3-5-7-18/h3-11,13-16H,12H2,1-2H3. The van der Waals surface area contributed by atoms with E-state index in [0.717, 1.165) is 22.9 Å². The molecule has 2 aromatic carbocycles. The van der Waals surface area contributed by atoms with E-state index in [1.807, 2.05) is 18.2 Å². The maximum Gasteiger partial charge on any atom is 0.138 e. The largest absolute Gasteiger partial charge is 0.294 e. The Labute approximate surface area is 163 Å². The zero-order chi connectivity index (χ0) is 18.6. The maximum absolute atomic E-state index is 4.80. The van der Waals surface area contributed by atoms with Gasteiger partial charge in [0.15, 0.2) is 0 Å². The van der Waals surface area contributed by atoms with Crippen molar-refractivity contribution in [2.75, 3.05) is 7.05 Å². The molecule has 136 valence electrons. The van der Waals surface area contributed by atoms with Crippen LogP contribution in [0.5, 0.6) is 0 Å². The van der Waals surface area contributed by atoms with Gasteiger partial charge in [0, 0.05) is 23.5 Å². The van der Waals surface area contributed by atoms with Gasteiger partial charge < -0.3 is 0 Å². The van der Waals surface area contributed by atoms with Gasteiger partial charge in [-0.15, -0.1) is 11.3 Å². The Morgan fingerprint density at radius 2 is 1.85 bits per heavy atom. The SMILES string of the molecule is CC(c1ccc(-n2cncn2)cc1)N(C)Cc1csc(-c2ccccc2)n1. The first-order valence-electron chi connectivity index (χ1n) is 8.86. The molecule has 4 rings (SSSR count). The number of benzene rings is 2. The topological polar surface area (TPSA) is 46.8 Å². The second-order valence-electron chi connectivity index (χ2n) is 6.53. The molecule has 0 bridgehead atoms. The van der Waals surface area contributed by atoms with Crippen LogP contribution in [-0.4, -0.2) is 31.7 Å². The van der Waals surface area contributed by atoms with Crippen LogP contribution in [-0.2, 0) is 6.54 Å². The smallest absolute Gasteiger partial charge is 0.138 e. The fraction of sp³-hybridized carbons (Fsp3) is 0.190. The minimum Gasteiger partial charge on any atom is -0.294 e. The summed E-state index contributed by atoms with van der Waals surface area (Å²) in [4.78, 5) is 11.1. The van der Waals surface area contributed by atoms with E-state index in [1.165, 1.54) is 11.1 Å². The average Bonchev–Trinajstić information content (AvgIpc) is 3.40. The Kier molecular flexibility index (Phi) is 5.09. The Bertz CT molecular complexity index is 977. The highest BCUT2D eigenvalue weighted by Gasteiger charge is 2.14. The molecule has 0 fully saturated rings. The van der Waals surface area contributed by atoms with Gasteiger partial charge in [-0.2, -0.15) is 5.10 Å². The van der Waals surface area contributed by atoms with Crippen molar-refractivity contribution in [1.82, 2.24) is 24.6 Å². The minimum absolute atomic E-state index is 0.289. The number of aromatic nitrogens is 4. The third kappa shape index (κ3) is 3.97. The van der Waals surface area contributed by atoms with Gasteiger partial charge in [-0.25, -0.2) is 14.6 Å². The molecule has 27 heavy (non-hydrogen) atoms. The van der Waals surface area contributed by atoms with Crippen molar-refractivity contribution >= 4 is 11.3 Å². The molecule has 5 nitrogen and oxygen atoms in total. The Morgan fingerprint density at radius 1 is 1.07 bits per heavy atom. The first kappa shape index (κ1) is 17.6. The lowest BCUT2D eigenvalue weighted by Crippen LogP contribution is -2.22. The van der Waals surface area contributed by atoms with E-state index in [4.69, 9.17) is 4.98 Å². The minimum atomic E-state index is 0.289. The van der Waals surface area contributed by atoms with E-state index in [-0.39, 0.29) is 6.04 Å². The summed E-state index contributed by atoms with van der Waals surface area (Å²) in [5.41, 5.74) is 4.55. The molecule has 2 heterocycles. The molecule has 0 saturated carbocycles. The van der Waals surface area contributed by atoms with Crippen molar-refractivity contribution in [2.24, 2.45) is 0 Å². The second kappa shape index (κ2) is 7.82. The third-order valence-corrected chi connectivity index (χ3v) is 5.64. The predicted octanol–water partition coefficient (Wildman–Crippen LogP) is 4.58. The Balaban J connectivity index is 1.43. The molecule has 0 N–H and O–H groups in total. The van der Waals surface area contributed by atoms with Gasteiger partial charge in [-0.3, -0.25) is 4.90 Å². The van der Waals surface area contributed by atoms with Gasteiger partial charge in [-0.1, -0.05) is 42.5 Å². The zero-order valence-corrected chi connectivity index (χ0v) is 16.2. The van der Waals surface area contributed by atoms with Crippen molar-refractivity contribution < 1.29 is 0 Å². The molecule has 6 heteroatoms.